The molecule has 0 bridgehead atoms. The molecule has 1 N–H and O–H groups in total. The third-order valence-corrected chi connectivity index (χ3v) is 1.56. The summed E-state index contributed by atoms with van der Waals surface area (Å²) in [6.45, 7) is 7.56. The Kier molecular flexibility index (Phi) is 4.01. The molecular formula is C10H18O2. The van der Waals surface area contributed by atoms with Crippen LogP contribution in [0.2, 0.25) is 0 Å². The normalized spacial score (nSPS) is 13.2. The van der Waals surface area contributed by atoms with Gasteiger partial charge < -0.3 is 5.11 Å². The van der Waals surface area contributed by atoms with Crippen molar-refractivity contribution < 1.29 is 9.90 Å². The Morgan fingerprint density at radius 3 is 2.25 bits per heavy atom. The third kappa shape index (κ3) is 4.16. The van der Waals surface area contributed by atoms with E-state index in [1.807, 2.05) is 27.7 Å². The molecule has 0 fully saturated rings. The molecule has 0 aromatic carbocycles. The van der Waals surface area contributed by atoms with E-state index in [1.54, 1.807) is 0 Å². The molecule has 0 spiro atoms. The summed E-state index contributed by atoms with van der Waals surface area (Å²) in [5.41, 5.74) is -0.316. The van der Waals surface area contributed by atoms with Crippen LogP contribution in [0.4, 0.5) is 0 Å². The first-order valence-electron chi connectivity index (χ1n) is 4.32. The lowest BCUT2D eigenvalue weighted by molar-refractivity contribution is -0.114. The van der Waals surface area contributed by atoms with Crippen LogP contribution in [0.15, 0.2) is 11.8 Å². The van der Waals surface area contributed by atoms with Crippen molar-refractivity contribution >= 4 is 5.78 Å². The van der Waals surface area contributed by atoms with Crippen molar-refractivity contribution in [3.8, 4) is 0 Å². The average molecular weight is 170 g/mol. The molecule has 0 unspecified atom stereocenters. The molecule has 0 rings (SSSR count). The maximum absolute atomic E-state index is 11.1. The zero-order valence-corrected chi connectivity index (χ0v) is 8.35. The van der Waals surface area contributed by atoms with Crippen LogP contribution in [0.5, 0.6) is 0 Å². The molecule has 70 valence electrons. The van der Waals surface area contributed by atoms with Gasteiger partial charge in [0.1, 0.15) is 5.76 Å². The van der Waals surface area contributed by atoms with E-state index in [0.717, 1.165) is 6.42 Å². The van der Waals surface area contributed by atoms with Crippen LogP contribution in [0.25, 0.3) is 0 Å². The third-order valence-electron chi connectivity index (χ3n) is 1.56. The second-order valence-electron chi connectivity index (χ2n) is 4.00. The van der Waals surface area contributed by atoms with E-state index in [2.05, 4.69) is 0 Å². The van der Waals surface area contributed by atoms with Gasteiger partial charge in [-0.3, -0.25) is 4.79 Å². The highest BCUT2D eigenvalue weighted by Gasteiger charge is 2.16. The van der Waals surface area contributed by atoms with E-state index in [4.69, 9.17) is 0 Å². The maximum atomic E-state index is 11.1. The molecule has 0 atom stereocenters. The Morgan fingerprint density at radius 1 is 1.42 bits per heavy atom. The van der Waals surface area contributed by atoms with Gasteiger partial charge in [-0.1, -0.05) is 27.7 Å². The second kappa shape index (κ2) is 4.29. The zero-order chi connectivity index (χ0) is 9.78. The number of carbonyl (C=O) groups is 1. The van der Waals surface area contributed by atoms with Gasteiger partial charge in [-0.25, -0.2) is 0 Å². The molecular weight excluding hydrogens is 152 g/mol. The Hall–Kier alpha value is -0.790. The fourth-order valence-corrected chi connectivity index (χ4v) is 0.688. The number of aliphatic hydroxyl groups is 1. The summed E-state index contributed by atoms with van der Waals surface area (Å²) in [5, 5.41) is 9.42. The van der Waals surface area contributed by atoms with Crippen molar-refractivity contribution in [2.75, 3.05) is 0 Å². The van der Waals surface area contributed by atoms with Gasteiger partial charge in [-0.05, 0) is 6.42 Å². The monoisotopic (exact) mass is 170 g/mol. The summed E-state index contributed by atoms with van der Waals surface area (Å²) in [5.74, 6) is 0.172. The highest BCUT2D eigenvalue weighted by atomic mass is 16.3. The Labute approximate surface area is 74.3 Å². The molecule has 0 aromatic rings. The zero-order valence-electron chi connectivity index (χ0n) is 8.35. The summed E-state index contributed by atoms with van der Waals surface area (Å²) < 4.78 is 0. The number of rotatable bonds is 3. The Bertz CT molecular complexity index is 185. The van der Waals surface area contributed by atoms with Crippen molar-refractivity contribution in [3.05, 3.63) is 11.8 Å². The van der Waals surface area contributed by atoms with Crippen LogP contribution in [-0.4, -0.2) is 10.9 Å². The lowest BCUT2D eigenvalue weighted by Gasteiger charge is -2.16. The van der Waals surface area contributed by atoms with Gasteiger partial charge in [-0.15, -0.1) is 0 Å². The fraction of sp³-hybridized carbons (Fsp3) is 0.700. The number of ketones is 1. The molecule has 0 amide bonds. The van der Waals surface area contributed by atoms with Gasteiger partial charge in [-0.2, -0.15) is 0 Å². The predicted molar refractivity (Wildman–Crippen MR) is 50.1 cm³/mol. The van der Waals surface area contributed by atoms with Crippen LogP contribution >= 0.6 is 0 Å². The van der Waals surface area contributed by atoms with Gasteiger partial charge in [0.15, 0.2) is 5.78 Å². The highest BCUT2D eigenvalue weighted by molar-refractivity contribution is 5.90. The van der Waals surface area contributed by atoms with Crippen molar-refractivity contribution in [2.24, 2.45) is 5.41 Å². The molecule has 0 aliphatic rings. The molecule has 12 heavy (non-hydrogen) atoms. The minimum absolute atomic E-state index is 0.00456. The first kappa shape index (κ1) is 11.2. The molecule has 2 heteroatoms. The van der Waals surface area contributed by atoms with Gasteiger partial charge in [0, 0.05) is 17.9 Å². The molecule has 2 nitrogen and oxygen atoms in total. The Balaban J connectivity index is 4.26. The van der Waals surface area contributed by atoms with Gasteiger partial charge >= 0.3 is 0 Å². The van der Waals surface area contributed by atoms with E-state index >= 15 is 0 Å². The Morgan fingerprint density at radius 2 is 1.92 bits per heavy atom. The molecule has 0 aromatic heterocycles. The summed E-state index contributed by atoms with van der Waals surface area (Å²) >= 11 is 0. The minimum atomic E-state index is -0.316. The molecule has 0 heterocycles. The van der Waals surface area contributed by atoms with E-state index in [-0.39, 0.29) is 17.0 Å². The first-order valence-corrected chi connectivity index (χ1v) is 4.32. The van der Waals surface area contributed by atoms with Crippen LogP contribution in [0.3, 0.4) is 0 Å². The van der Waals surface area contributed by atoms with E-state index < -0.39 is 0 Å². The average Bonchev–Trinajstić information content (AvgIpc) is 1.85. The highest BCUT2D eigenvalue weighted by Crippen LogP contribution is 2.22. The summed E-state index contributed by atoms with van der Waals surface area (Å²) in [6, 6.07) is 0. The smallest absolute Gasteiger partial charge is 0.159 e. The second-order valence-corrected chi connectivity index (χ2v) is 4.00. The lowest BCUT2D eigenvalue weighted by Crippen LogP contribution is -2.10. The van der Waals surface area contributed by atoms with Gasteiger partial charge in [0.25, 0.3) is 0 Å². The van der Waals surface area contributed by atoms with Crippen LogP contribution < -0.4 is 0 Å². The quantitative estimate of drug-likeness (QED) is 0.522. The molecule has 0 saturated carbocycles. The number of hydrogen-bond acceptors (Lipinski definition) is 2. The lowest BCUT2D eigenvalue weighted by atomic mass is 9.93. The van der Waals surface area contributed by atoms with Crippen LogP contribution in [0.1, 0.15) is 40.5 Å². The predicted octanol–water partition coefficient (Wildman–Crippen LogP) is 2.84. The summed E-state index contributed by atoms with van der Waals surface area (Å²) in [7, 11) is 0. The maximum Gasteiger partial charge on any atom is 0.159 e. The molecule has 0 radical (unpaired) electrons. The summed E-state index contributed by atoms with van der Waals surface area (Å²) in [6.07, 6.45) is 2.68. The van der Waals surface area contributed by atoms with Gasteiger partial charge in [0.2, 0.25) is 0 Å². The van der Waals surface area contributed by atoms with Crippen LogP contribution in [-0.2, 0) is 4.79 Å². The van der Waals surface area contributed by atoms with Crippen molar-refractivity contribution in [1.29, 1.82) is 0 Å². The standard InChI is InChI=1S/C10H18O2/c1-5-6-8(11)7-9(12)10(2,3)4/h7,12H,5-6H2,1-4H3/b9-7+. The van der Waals surface area contributed by atoms with E-state index in [9.17, 15) is 9.90 Å². The molecule has 0 saturated heterocycles. The van der Waals surface area contributed by atoms with Crippen molar-refractivity contribution in [2.45, 2.75) is 40.5 Å². The number of allylic oxidation sites excluding steroid dienone is 2. The number of carbonyl (C=O) groups excluding carboxylic acids is 1. The van der Waals surface area contributed by atoms with Crippen LogP contribution in [0, 0.1) is 5.41 Å². The first-order chi connectivity index (χ1) is 5.38. The number of hydrogen-bond donors (Lipinski definition) is 1. The largest absolute Gasteiger partial charge is 0.512 e. The molecule has 0 aliphatic heterocycles. The minimum Gasteiger partial charge on any atom is -0.512 e. The van der Waals surface area contributed by atoms with Crippen molar-refractivity contribution in [3.63, 3.8) is 0 Å². The van der Waals surface area contributed by atoms with E-state index in [1.165, 1.54) is 6.08 Å². The van der Waals surface area contributed by atoms with Gasteiger partial charge in [0.05, 0.1) is 0 Å². The van der Waals surface area contributed by atoms with E-state index in [0.29, 0.717) is 6.42 Å². The molecule has 0 aliphatic carbocycles. The fourth-order valence-electron chi connectivity index (χ4n) is 0.688. The van der Waals surface area contributed by atoms with Crippen molar-refractivity contribution in [1.82, 2.24) is 0 Å². The summed E-state index contributed by atoms with van der Waals surface area (Å²) in [4.78, 5) is 11.1. The SMILES string of the molecule is CCCC(=O)/C=C(/O)C(C)(C)C. The topological polar surface area (TPSA) is 37.3 Å². The number of aliphatic hydroxyl groups excluding tert-OH is 1.